The fourth-order valence-electron chi connectivity index (χ4n) is 5.71. The zero-order chi connectivity index (χ0) is 30.0. The van der Waals surface area contributed by atoms with Gasteiger partial charge in [0.25, 0.3) is 5.91 Å². The molecule has 222 valence electrons. The summed E-state index contributed by atoms with van der Waals surface area (Å²) in [6, 6.07) is 20.2. The second kappa shape index (κ2) is 12.5. The Balaban J connectivity index is 1.66. The van der Waals surface area contributed by atoms with Crippen molar-refractivity contribution in [3.63, 3.8) is 0 Å². The molecular formula is C32H36Cl2N4O4. The maximum absolute atomic E-state index is 14.8. The molecule has 2 heterocycles. The highest BCUT2D eigenvalue weighted by Crippen LogP contribution is 2.45. The van der Waals surface area contributed by atoms with Crippen LogP contribution in [0.25, 0.3) is 0 Å². The first-order chi connectivity index (χ1) is 20.1. The molecule has 0 saturated carbocycles. The Bertz CT molecular complexity index is 1370. The molecule has 2 saturated heterocycles. The lowest BCUT2D eigenvalue weighted by Gasteiger charge is -2.40. The van der Waals surface area contributed by atoms with E-state index in [1.165, 1.54) is 0 Å². The maximum atomic E-state index is 14.8. The van der Waals surface area contributed by atoms with Crippen molar-refractivity contribution in [2.24, 2.45) is 0 Å². The molecule has 1 unspecified atom stereocenters. The number of halogens is 2. The summed E-state index contributed by atoms with van der Waals surface area (Å²) >= 11 is 12.5. The van der Waals surface area contributed by atoms with Crippen molar-refractivity contribution in [1.29, 1.82) is 0 Å². The van der Waals surface area contributed by atoms with Crippen LogP contribution in [0.3, 0.4) is 0 Å². The van der Waals surface area contributed by atoms with Crippen molar-refractivity contribution in [2.75, 3.05) is 33.3 Å². The number of piperazine rings is 1. The number of nitrogens with zero attached hydrogens (tertiary/aromatic N) is 2. The van der Waals surface area contributed by atoms with E-state index in [0.717, 1.165) is 11.1 Å². The van der Waals surface area contributed by atoms with Crippen molar-refractivity contribution in [2.45, 2.75) is 44.6 Å². The van der Waals surface area contributed by atoms with Gasteiger partial charge in [-0.25, -0.2) is 0 Å². The van der Waals surface area contributed by atoms with E-state index in [4.69, 9.17) is 32.7 Å². The second-order valence-corrected chi connectivity index (χ2v) is 11.8. The van der Waals surface area contributed by atoms with Crippen LogP contribution in [-0.2, 0) is 15.3 Å². The molecule has 0 aliphatic carbocycles. The van der Waals surface area contributed by atoms with Crippen LogP contribution in [0.1, 0.15) is 49.5 Å². The highest BCUT2D eigenvalue weighted by Gasteiger charge is 2.54. The minimum absolute atomic E-state index is 0.00214. The van der Waals surface area contributed by atoms with E-state index < -0.39 is 5.66 Å². The number of carbonyl (C=O) groups excluding carboxylic acids is 2. The van der Waals surface area contributed by atoms with Crippen LogP contribution in [0.5, 0.6) is 11.5 Å². The number of hydrogen-bond acceptors (Lipinski definition) is 6. The van der Waals surface area contributed by atoms with E-state index in [9.17, 15) is 9.59 Å². The van der Waals surface area contributed by atoms with Crippen LogP contribution in [0, 0.1) is 0 Å². The molecule has 5 rings (SSSR count). The lowest BCUT2D eigenvalue weighted by atomic mass is 9.95. The van der Waals surface area contributed by atoms with Crippen LogP contribution in [0.15, 0.2) is 66.7 Å². The molecule has 2 aliphatic rings. The van der Waals surface area contributed by atoms with Gasteiger partial charge in [0.2, 0.25) is 5.91 Å². The van der Waals surface area contributed by atoms with Gasteiger partial charge in [0, 0.05) is 54.8 Å². The van der Waals surface area contributed by atoms with E-state index in [-0.39, 0.29) is 30.0 Å². The monoisotopic (exact) mass is 610 g/mol. The summed E-state index contributed by atoms with van der Waals surface area (Å²) in [5.74, 6) is 1.00. The van der Waals surface area contributed by atoms with E-state index in [1.54, 1.807) is 18.9 Å². The quantitative estimate of drug-likeness (QED) is 0.377. The summed E-state index contributed by atoms with van der Waals surface area (Å²) in [4.78, 5) is 30.4. The zero-order valence-electron chi connectivity index (χ0n) is 24.2. The number of carbonyl (C=O) groups is 2. The fraction of sp³-hybridized carbons (Fsp3) is 0.375. The molecule has 2 aliphatic heterocycles. The molecule has 3 aromatic rings. The Hall–Kier alpha value is -3.30. The summed E-state index contributed by atoms with van der Waals surface area (Å²) in [5, 5.41) is 8.70. The largest absolute Gasteiger partial charge is 0.497 e. The van der Waals surface area contributed by atoms with Crippen LogP contribution in [-0.4, -0.2) is 61.0 Å². The molecule has 10 heteroatoms. The van der Waals surface area contributed by atoms with Gasteiger partial charge in [0.15, 0.2) is 5.66 Å². The third-order valence-electron chi connectivity index (χ3n) is 7.82. The van der Waals surface area contributed by atoms with Gasteiger partial charge < -0.3 is 19.3 Å². The Kier molecular flexibility index (Phi) is 8.99. The van der Waals surface area contributed by atoms with Gasteiger partial charge >= 0.3 is 0 Å². The summed E-state index contributed by atoms with van der Waals surface area (Å²) < 4.78 is 11.8. The number of benzene rings is 3. The molecular weight excluding hydrogens is 575 g/mol. The molecule has 2 fully saturated rings. The van der Waals surface area contributed by atoms with Crippen LogP contribution in [0.4, 0.5) is 0 Å². The average Bonchev–Trinajstić information content (AvgIpc) is 3.39. The Labute approximate surface area is 256 Å². The number of amides is 2. The summed E-state index contributed by atoms with van der Waals surface area (Å²) in [6.45, 7) is 7.21. The number of rotatable bonds is 7. The molecule has 2 amide bonds. The van der Waals surface area contributed by atoms with Crippen molar-refractivity contribution < 1.29 is 19.1 Å². The summed E-state index contributed by atoms with van der Waals surface area (Å²) in [5.41, 5.74) is 1.20. The molecule has 0 bridgehead atoms. The van der Waals surface area contributed by atoms with E-state index in [2.05, 4.69) is 10.6 Å². The van der Waals surface area contributed by atoms with Crippen LogP contribution < -0.4 is 20.1 Å². The fourth-order valence-corrected chi connectivity index (χ4v) is 5.97. The second-order valence-electron chi connectivity index (χ2n) is 10.9. The molecule has 3 atom stereocenters. The normalized spacial score (nSPS) is 22.4. The molecule has 0 aromatic heterocycles. The topological polar surface area (TPSA) is 83.1 Å². The van der Waals surface area contributed by atoms with Gasteiger partial charge in [-0.15, -0.1) is 0 Å². The lowest BCUT2D eigenvalue weighted by Crippen LogP contribution is -2.62. The van der Waals surface area contributed by atoms with E-state index in [0.29, 0.717) is 53.3 Å². The predicted octanol–water partition coefficient (Wildman–Crippen LogP) is 5.31. The van der Waals surface area contributed by atoms with Crippen molar-refractivity contribution >= 4 is 35.0 Å². The van der Waals surface area contributed by atoms with Gasteiger partial charge in [-0.3, -0.25) is 20.2 Å². The predicted molar refractivity (Wildman–Crippen MR) is 164 cm³/mol. The van der Waals surface area contributed by atoms with Gasteiger partial charge in [-0.2, -0.15) is 0 Å². The standard InChI is InChI=1S/C32H36Cl2N4O4/c1-20(2)42-28-19-26(41-4)13-14-27(28)32(31(40)38-17-15-37(16-18-38)21(3)39)35-29(22-5-9-24(33)10-6-22)30(36-32)23-7-11-25(34)12-8-23/h5-14,19-20,29-30,35-36H,15-18H2,1-4H3/t29-,30+,32?. The SMILES string of the molecule is COc1ccc(C2(C(=O)N3CCN(C(C)=O)CC3)N[C@H](c3ccc(Cl)cc3)[C@H](c3ccc(Cl)cc3)N2)c(OC(C)C)c1. The third-order valence-corrected chi connectivity index (χ3v) is 8.33. The minimum Gasteiger partial charge on any atom is -0.497 e. The van der Waals surface area contributed by atoms with Crippen molar-refractivity contribution in [1.82, 2.24) is 20.4 Å². The van der Waals surface area contributed by atoms with Gasteiger partial charge in [0.1, 0.15) is 11.5 Å². The van der Waals surface area contributed by atoms with Crippen molar-refractivity contribution in [3.8, 4) is 11.5 Å². The van der Waals surface area contributed by atoms with Gasteiger partial charge in [-0.05, 0) is 61.4 Å². The third kappa shape index (κ3) is 6.08. The smallest absolute Gasteiger partial charge is 0.262 e. The number of ether oxygens (including phenoxy) is 2. The molecule has 0 spiro atoms. The number of methoxy groups -OCH3 is 1. The molecule has 2 N–H and O–H groups in total. The Morgan fingerprint density at radius 2 is 1.33 bits per heavy atom. The van der Waals surface area contributed by atoms with Crippen LogP contribution >= 0.6 is 23.2 Å². The average molecular weight is 612 g/mol. The number of nitrogens with one attached hydrogen (secondary N) is 2. The maximum Gasteiger partial charge on any atom is 0.262 e. The molecule has 0 radical (unpaired) electrons. The molecule has 8 nitrogen and oxygen atoms in total. The summed E-state index contributed by atoms with van der Waals surface area (Å²) in [6.07, 6.45) is -0.150. The highest BCUT2D eigenvalue weighted by atomic mass is 35.5. The zero-order valence-corrected chi connectivity index (χ0v) is 25.7. The van der Waals surface area contributed by atoms with E-state index in [1.807, 2.05) is 85.5 Å². The molecule has 42 heavy (non-hydrogen) atoms. The first-order valence-electron chi connectivity index (χ1n) is 14.1. The lowest BCUT2D eigenvalue weighted by molar-refractivity contribution is -0.144. The Morgan fingerprint density at radius 1 is 0.833 bits per heavy atom. The minimum atomic E-state index is -1.37. The van der Waals surface area contributed by atoms with Gasteiger partial charge in [-0.1, -0.05) is 47.5 Å². The first-order valence-corrected chi connectivity index (χ1v) is 14.8. The highest BCUT2D eigenvalue weighted by molar-refractivity contribution is 6.30. The first kappa shape index (κ1) is 30.2. The summed E-state index contributed by atoms with van der Waals surface area (Å²) in [7, 11) is 1.60. The van der Waals surface area contributed by atoms with Crippen molar-refractivity contribution in [3.05, 3.63) is 93.5 Å². The van der Waals surface area contributed by atoms with Crippen LogP contribution in [0.2, 0.25) is 10.0 Å². The Morgan fingerprint density at radius 3 is 1.79 bits per heavy atom. The van der Waals surface area contributed by atoms with E-state index >= 15 is 0 Å². The molecule has 3 aromatic carbocycles. The number of hydrogen-bond donors (Lipinski definition) is 2. The van der Waals surface area contributed by atoms with Gasteiger partial charge in [0.05, 0.1) is 25.3 Å².